The fourth-order valence-electron chi connectivity index (χ4n) is 4.56. The van der Waals surface area contributed by atoms with E-state index in [1.54, 1.807) is 12.4 Å². The van der Waals surface area contributed by atoms with E-state index in [2.05, 4.69) is 48.3 Å². The van der Waals surface area contributed by atoms with Crippen LogP contribution in [0.5, 0.6) is 11.5 Å². The lowest BCUT2D eigenvalue weighted by Crippen LogP contribution is -2.22. The van der Waals surface area contributed by atoms with Gasteiger partial charge in [0.15, 0.2) is 0 Å². The first-order chi connectivity index (χ1) is 16.8. The smallest absolute Gasteiger partial charge is 0.228 e. The van der Waals surface area contributed by atoms with Crippen LogP contribution in [0.15, 0.2) is 61.1 Å². The van der Waals surface area contributed by atoms with Crippen LogP contribution in [0.3, 0.4) is 0 Å². The molecule has 0 saturated carbocycles. The number of carbonyl (C=O) groups excluding carboxylic acids is 1. The molecule has 2 heterocycles. The maximum Gasteiger partial charge on any atom is 0.228 e. The van der Waals surface area contributed by atoms with Crippen molar-refractivity contribution >= 4 is 22.5 Å². The lowest BCUT2D eigenvalue weighted by Gasteiger charge is -2.18. The Morgan fingerprint density at radius 2 is 1.77 bits per heavy atom. The summed E-state index contributed by atoms with van der Waals surface area (Å²) in [6.07, 6.45) is 11.6. The van der Waals surface area contributed by atoms with Gasteiger partial charge in [0.2, 0.25) is 5.91 Å². The van der Waals surface area contributed by atoms with Gasteiger partial charge in [0.25, 0.3) is 0 Å². The zero-order valence-corrected chi connectivity index (χ0v) is 20.7. The van der Waals surface area contributed by atoms with Crippen LogP contribution in [0, 0.1) is 0 Å². The van der Waals surface area contributed by atoms with E-state index in [1.807, 2.05) is 41.2 Å². The van der Waals surface area contributed by atoms with Crippen molar-refractivity contribution in [2.75, 3.05) is 5.32 Å². The Kier molecular flexibility index (Phi) is 6.29. The Balaban J connectivity index is 1.26. The van der Waals surface area contributed by atoms with Crippen LogP contribution in [-0.2, 0) is 29.6 Å². The average Bonchev–Trinajstić information content (AvgIpc) is 3.17. The molecule has 1 N–H and O–H groups in total. The molecular formula is C29H32N4O2. The molecule has 6 nitrogen and oxygen atoms in total. The van der Waals surface area contributed by atoms with Crippen molar-refractivity contribution in [3.63, 3.8) is 0 Å². The predicted octanol–water partition coefficient (Wildman–Crippen LogP) is 6.43. The molecule has 1 amide bonds. The van der Waals surface area contributed by atoms with Gasteiger partial charge < -0.3 is 10.1 Å². The van der Waals surface area contributed by atoms with Crippen molar-refractivity contribution in [2.24, 2.45) is 0 Å². The van der Waals surface area contributed by atoms with Gasteiger partial charge in [-0.2, -0.15) is 5.10 Å². The number of hydrogen-bond donors (Lipinski definition) is 1. The number of aryl methyl sites for hydroxylation is 2. The molecule has 6 heteroatoms. The second-order valence-electron chi connectivity index (χ2n) is 10.3. The monoisotopic (exact) mass is 468 g/mol. The third-order valence-corrected chi connectivity index (χ3v) is 6.48. The van der Waals surface area contributed by atoms with Gasteiger partial charge in [-0.05, 0) is 93.5 Å². The minimum absolute atomic E-state index is 0.0760. The van der Waals surface area contributed by atoms with E-state index in [-0.39, 0.29) is 17.9 Å². The number of rotatable bonds is 5. The molecule has 1 aliphatic carbocycles. The summed E-state index contributed by atoms with van der Waals surface area (Å²) in [7, 11) is 0. The van der Waals surface area contributed by atoms with Crippen LogP contribution in [0.25, 0.3) is 10.9 Å². The topological polar surface area (TPSA) is 69.0 Å². The minimum Gasteiger partial charge on any atom is -0.457 e. The Morgan fingerprint density at radius 1 is 1.03 bits per heavy atom. The standard InChI is InChI=1S/C29H32N4O2/c1-29(2,3)33-19-23(18-31-33)32-28(34)15-20-9-11-24(12-10-20)35-27-13-14-30-26-17-22-8-6-4-5-7-21(22)16-25(26)27/h9-14,16-19H,4-8,15H2,1-3H3,(H,32,34). The molecule has 0 spiro atoms. The van der Waals surface area contributed by atoms with E-state index >= 15 is 0 Å². The average molecular weight is 469 g/mol. The lowest BCUT2D eigenvalue weighted by molar-refractivity contribution is -0.115. The molecule has 4 aromatic rings. The number of hydrogen-bond acceptors (Lipinski definition) is 4. The highest BCUT2D eigenvalue weighted by Gasteiger charge is 2.15. The maximum absolute atomic E-state index is 12.5. The molecule has 1 aliphatic rings. The summed E-state index contributed by atoms with van der Waals surface area (Å²) in [6.45, 7) is 6.21. The van der Waals surface area contributed by atoms with Crippen LogP contribution in [0.1, 0.15) is 56.7 Å². The number of pyridine rings is 1. The van der Waals surface area contributed by atoms with Crippen molar-refractivity contribution in [3.8, 4) is 11.5 Å². The highest BCUT2D eigenvalue weighted by atomic mass is 16.5. The van der Waals surface area contributed by atoms with Crippen LogP contribution in [0.2, 0.25) is 0 Å². The first-order valence-electron chi connectivity index (χ1n) is 12.4. The summed E-state index contributed by atoms with van der Waals surface area (Å²) >= 11 is 0. The Hall–Kier alpha value is -3.67. The van der Waals surface area contributed by atoms with E-state index < -0.39 is 0 Å². The summed E-state index contributed by atoms with van der Waals surface area (Å²) < 4.78 is 8.09. The number of nitrogens with zero attached hydrogens (tertiary/aromatic N) is 3. The number of benzene rings is 2. The molecule has 2 aromatic heterocycles. The Morgan fingerprint density at radius 3 is 2.49 bits per heavy atom. The van der Waals surface area contributed by atoms with Crippen LogP contribution in [-0.4, -0.2) is 20.7 Å². The predicted molar refractivity (Wildman–Crippen MR) is 139 cm³/mol. The van der Waals surface area contributed by atoms with E-state index in [9.17, 15) is 4.79 Å². The molecule has 0 radical (unpaired) electrons. The fraction of sp³-hybridized carbons (Fsp3) is 0.345. The first kappa shape index (κ1) is 23.1. The van der Waals surface area contributed by atoms with Gasteiger partial charge in [-0.1, -0.05) is 18.6 Å². The van der Waals surface area contributed by atoms with Gasteiger partial charge >= 0.3 is 0 Å². The Bertz CT molecular complexity index is 1350. The number of nitrogens with one attached hydrogen (secondary N) is 1. The van der Waals surface area contributed by atoms with E-state index in [4.69, 9.17) is 4.74 Å². The first-order valence-corrected chi connectivity index (χ1v) is 12.4. The van der Waals surface area contributed by atoms with Crippen LogP contribution in [0.4, 0.5) is 5.69 Å². The summed E-state index contributed by atoms with van der Waals surface area (Å²) in [5, 5.41) is 8.30. The maximum atomic E-state index is 12.5. The van der Waals surface area contributed by atoms with Gasteiger partial charge in [0, 0.05) is 17.8 Å². The van der Waals surface area contributed by atoms with Gasteiger partial charge in [-0.3, -0.25) is 14.5 Å². The van der Waals surface area contributed by atoms with Crippen molar-refractivity contribution in [2.45, 2.75) is 64.8 Å². The SMILES string of the molecule is CC(C)(C)n1cc(NC(=O)Cc2ccc(Oc3ccnc4cc5c(cc34)CCCCC5)cc2)cn1. The number of ether oxygens (including phenoxy) is 1. The molecular weight excluding hydrogens is 436 g/mol. The second kappa shape index (κ2) is 9.53. The molecule has 0 saturated heterocycles. The molecule has 35 heavy (non-hydrogen) atoms. The number of aromatic nitrogens is 3. The van der Waals surface area contributed by atoms with Crippen LogP contribution >= 0.6 is 0 Å². The molecule has 0 aliphatic heterocycles. The van der Waals surface area contributed by atoms with Gasteiger partial charge in [0.05, 0.1) is 29.4 Å². The quantitative estimate of drug-likeness (QED) is 0.343. The van der Waals surface area contributed by atoms with Gasteiger partial charge in [-0.25, -0.2) is 0 Å². The third kappa shape index (κ3) is 5.37. The highest BCUT2D eigenvalue weighted by Crippen LogP contribution is 2.33. The molecule has 2 aromatic carbocycles. The molecule has 0 unspecified atom stereocenters. The molecule has 180 valence electrons. The third-order valence-electron chi connectivity index (χ3n) is 6.48. The second-order valence-corrected chi connectivity index (χ2v) is 10.3. The summed E-state index contributed by atoms with van der Waals surface area (Å²) in [4.78, 5) is 17.1. The Labute approximate surface area is 206 Å². The van der Waals surface area contributed by atoms with Crippen molar-refractivity contribution in [3.05, 3.63) is 77.7 Å². The van der Waals surface area contributed by atoms with Crippen molar-refractivity contribution < 1.29 is 9.53 Å². The van der Waals surface area contributed by atoms with Crippen LogP contribution < -0.4 is 10.1 Å². The molecule has 0 atom stereocenters. The van der Waals surface area contributed by atoms with E-state index in [0.717, 1.165) is 40.8 Å². The van der Waals surface area contributed by atoms with Gasteiger partial charge in [-0.15, -0.1) is 0 Å². The normalized spacial score (nSPS) is 13.8. The highest BCUT2D eigenvalue weighted by molar-refractivity contribution is 5.92. The molecule has 0 fully saturated rings. The summed E-state index contributed by atoms with van der Waals surface area (Å²) in [5.41, 5.74) is 5.31. The van der Waals surface area contributed by atoms with E-state index in [0.29, 0.717) is 5.69 Å². The van der Waals surface area contributed by atoms with Gasteiger partial charge in [0.1, 0.15) is 11.5 Å². The lowest BCUT2D eigenvalue weighted by atomic mass is 9.99. The largest absolute Gasteiger partial charge is 0.457 e. The zero-order chi connectivity index (χ0) is 24.4. The number of carbonyl (C=O) groups is 1. The fourth-order valence-corrected chi connectivity index (χ4v) is 4.56. The molecule has 5 rings (SSSR count). The van der Waals surface area contributed by atoms with Crippen molar-refractivity contribution in [1.82, 2.24) is 14.8 Å². The minimum atomic E-state index is -0.127. The number of amides is 1. The van der Waals surface area contributed by atoms with E-state index in [1.165, 1.54) is 30.4 Å². The summed E-state index contributed by atoms with van der Waals surface area (Å²) in [5.74, 6) is 1.47. The number of anilines is 1. The number of fused-ring (bicyclic) bond motifs is 2. The molecule has 0 bridgehead atoms. The summed E-state index contributed by atoms with van der Waals surface area (Å²) in [6, 6.07) is 14.1. The zero-order valence-electron chi connectivity index (χ0n) is 20.7. The van der Waals surface area contributed by atoms with Crippen molar-refractivity contribution in [1.29, 1.82) is 0 Å².